The summed E-state index contributed by atoms with van der Waals surface area (Å²) in [5.41, 5.74) is -0.694. The second-order valence-corrected chi connectivity index (χ2v) is 20.5. The second-order valence-electron chi connectivity index (χ2n) is 20.5. The molecule has 0 heterocycles. The molecule has 2 N–H and O–H groups in total. The van der Waals surface area contributed by atoms with Gasteiger partial charge < -0.3 is 29.2 Å². The number of esters is 2. The van der Waals surface area contributed by atoms with E-state index in [4.69, 9.17) is 18.9 Å². The normalized spacial score (nSPS) is 46.1. The van der Waals surface area contributed by atoms with Gasteiger partial charge in [-0.25, -0.2) is 0 Å². The van der Waals surface area contributed by atoms with Crippen molar-refractivity contribution < 1.29 is 38.7 Å². The molecule has 0 aliphatic heterocycles. The molecule has 8 heteroatoms. The summed E-state index contributed by atoms with van der Waals surface area (Å²) in [6.07, 6.45) is 14.2. The van der Waals surface area contributed by atoms with Crippen molar-refractivity contribution in [1.29, 1.82) is 0 Å². The Morgan fingerprint density at radius 2 is 1.54 bits per heavy atom. The van der Waals surface area contributed by atoms with Crippen molar-refractivity contribution in [3.05, 3.63) is 0 Å². The van der Waals surface area contributed by atoms with Crippen molar-refractivity contribution in [2.75, 3.05) is 13.2 Å². The zero-order chi connectivity index (χ0) is 37.2. The molecular weight excluding hydrogens is 656 g/mol. The highest BCUT2D eigenvalue weighted by molar-refractivity contribution is 5.76. The summed E-state index contributed by atoms with van der Waals surface area (Å²) >= 11 is 0. The third-order valence-electron chi connectivity index (χ3n) is 17.1. The molecule has 8 fully saturated rings. The van der Waals surface area contributed by atoms with E-state index in [1.54, 1.807) is 6.92 Å². The summed E-state index contributed by atoms with van der Waals surface area (Å²) in [4.78, 5) is 25.9. The Bertz CT molecular complexity index is 1260. The van der Waals surface area contributed by atoms with Crippen LogP contribution < -0.4 is 0 Å². The number of rotatable bonds is 13. The lowest BCUT2D eigenvalue weighted by Crippen LogP contribution is -2.62. The van der Waals surface area contributed by atoms with Crippen LogP contribution in [0.1, 0.15) is 151 Å². The van der Waals surface area contributed by atoms with Crippen LogP contribution in [0, 0.1) is 69.5 Å². The molecular formula is C44H72O8. The van der Waals surface area contributed by atoms with Crippen LogP contribution in [0.2, 0.25) is 0 Å². The molecule has 52 heavy (non-hydrogen) atoms. The standard InChI is InChI=1S/C44H72O8/c1-8-41(4,5)40(48)52-32-13-14-42(6)31(20-32)21-36(45)39-34-11-10-33(43(34,7)37(46)22-35(39)42)26(2)9-12-38(47)51-27(3)49-15-16-50-44-23-28-17-29(24-44)19-30(18-28)25-44/h26-37,39,45-46H,8-25H2,1-7H3. The van der Waals surface area contributed by atoms with Gasteiger partial charge >= 0.3 is 11.9 Å². The van der Waals surface area contributed by atoms with Crippen LogP contribution >= 0.6 is 0 Å². The van der Waals surface area contributed by atoms with Crippen molar-refractivity contribution in [1.82, 2.24) is 0 Å². The molecule has 0 radical (unpaired) electrons. The van der Waals surface area contributed by atoms with Crippen LogP contribution in [0.15, 0.2) is 0 Å². The van der Waals surface area contributed by atoms with Gasteiger partial charge in [0.05, 0.1) is 36.4 Å². The quantitative estimate of drug-likeness (QED) is 0.111. The summed E-state index contributed by atoms with van der Waals surface area (Å²) in [6, 6.07) is 0. The van der Waals surface area contributed by atoms with Gasteiger partial charge in [0.2, 0.25) is 0 Å². The van der Waals surface area contributed by atoms with E-state index in [9.17, 15) is 19.8 Å². The van der Waals surface area contributed by atoms with Crippen LogP contribution in [0.25, 0.3) is 0 Å². The third-order valence-corrected chi connectivity index (χ3v) is 17.1. The number of aliphatic hydroxyl groups is 2. The Morgan fingerprint density at radius 1 is 0.865 bits per heavy atom. The van der Waals surface area contributed by atoms with E-state index in [2.05, 4.69) is 20.8 Å². The van der Waals surface area contributed by atoms with Gasteiger partial charge in [0.15, 0.2) is 6.29 Å². The molecule has 8 nitrogen and oxygen atoms in total. The molecule has 8 aliphatic carbocycles. The van der Waals surface area contributed by atoms with E-state index in [-0.39, 0.29) is 70.0 Å². The van der Waals surface area contributed by atoms with Gasteiger partial charge in [0.25, 0.3) is 0 Å². The first kappa shape index (κ1) is 39.0. The van der Waals surface area contributed by atoms with Gasteiger partial charge in [-0.15, -0.1) is 0 Å². The minimum Gasteiger partial charge on any atom is -0.462 e. The van der Waals surface area contributed by atoms with E-state index < -0.39 is 23.9 Å². The maximum absolute atomic E-state index is 13.0. The molecule has 12 atom stereocenters. The third kappa shape index (κ3) is 7.15. The van der Waals surface area contributed by atoms with Crippen LogP contribution in [-0.4, -0.2) is 65.6 Å². The highest BCUT2D eigenvalue weighted by atomic mass is 16.7. The second kappa shape index (κ2) is 14.7. The number of hydrogen-bond donors (Lipinski definition) is 2. The minimum absolute atomic E-state index is 0.0164. The summed E-state index contributed by atoms with van der Waals surface area (Å²) in [5.74, 6) is 3.69. The Balaban J connectivity index is 0.883. The minimum atomic E-state index is -0.600. The lowest BCUT2D eigenvalue weighted by molar-refractivity contribution is -0.210. The topological polar surface area (TPSA) is 112 Å². The first-order valence-electron chi connectivity index (χ1n) is 21.6. The van der Waals surface area contributed by atoms with E-state index in [1.807, 2.05) is 20.8 Å². The highest BCUT2D eigenvalue weighted by Crippen LogP contribution is 2.68. The Morgan fingerprint density at radius 3 is 2.19 bits per heavy atom. The van der Waals surface area contributed by atoms with Crippen LogP contribution in [-0.2, 0) is 28.5 Å². The van der Waals surface area contributed by atoms with Crippen molar-refractivity contribution >= 4 is 11.9 Å². The molecule has 0 spiro atoms. The molecule has 0 aromatic carbocycles. The average Bonchev–Trinajstić information content (AvgIpc) is 3.44. The molecule has 8 rings (SSSR count). The van der Waals surface area contributed by atoms with Gasteiger partial charge in [-0.05, 0) is 181 Å². The number of ether oxygens (including phenoxy) is 4. The number of hydrogen-bond acceptors (Lipinski definition) is 8. The van der Waals surface area contributed by atoms with E-state index in [0.717, 1.165) is 62.7 Å². The van der Waals surface area contributed by atoms with Crippen molar-refractivity contribution in [2.24, 2.45) is 69.5 Å². The fraction of sp³-hybridized carbons (Fsp3) is 0.955. The number of aliphatic hydroxyl groups excluding tert-OH is 2. The molecule has 0 amide bonds. The largest absolute Gasteiger partial charge is 0.462 e. The first-order valence-corrected chi connectivity index (χ1v) is 21.6. The Labute approximate surface area is 314 Å². The van der Waals surface area contributed by atoms with Gasteiger partial charge in [-0.1, -0.05) is 27.7 Å². The average molecular weight is 729 g/mol. The van der Waals surface area contributed by atoms with E-state index in [1.165, 1.54) is 38.5 Å². The molecule has 0 aromatic heterocycles. The molecule has 4 bridgehead atoms. The molecule has 296 valence electrons. The molecule has 0 aromatic rings. The summed E-state index contributed by atoms with van der Waals surface area (Å²) in [5, 5.41) is 23.9. The van der Waals surface area contributed by atoms with Gasteiger partial charge in [-0.2, -0.15) is 0 Å². The number of carbonyl (C=O) groups is 2. The smallest absolute Gasteiger partial charge is 0.311 e. The summed E-state index contributed by atoms with van der Waals surface area (Å²) in [7, 11) is 0. The Kier molecular flexibility index (Phi) is 11.0. The van der Waals surface area contributed by atoms with Crippen molar-refractivity contribution in [3.63, 3.8) is 0 Å². The first-order chi connectivity index (χ1) is 24.6. The van der Waals surface area contributed by atoms with E-state index in [0.29, 0.717) is 32.5 Å². The predicted molar refractivity (Wildman–Crippen MR) is 199 cm³/mol. The van der Waals surface area contributed by atoms with Crippen LogP contribution in [0.4, 0.5) is 0 Å². The SMILES string of the molecule is CCC(C)(C)C(=O)OC1CCC2(C)C(C1)CC(O)C1C2CC(O)C2(C)C(C(C)CCC(=O)OC(C)OCCOC34CC5CC(CC(C5)C3)C4)CCC12. The van der Waals surface area contributed by atoms with Crippen molar-refractivity contribution in [2.45, 2.75) is 181 Å². The lowest BCUT2D eigenvalue weighted by atomic mass is 9.43. The number of carbonyl (C=O) groups excluding carboxylic acids is 2. The maximum atomic E-state index is 13.0. The number of fused-ring (bicyclic) bond motifs is 5. The fourth-order valence-electron chi connectivity index (χ4n) is 14.2. The van der Waals surface area contributed by atoms with Gasteiger partial charge in [0.1, 0.15) is 6.10 Å². The lowest BCUT2D eigenvalue weighted by Gasteiger charge is -2.63. The fourth-order valence-corrected chi connectivity index (χ4v) is 14.2. The Hall–Kier alpha value is -1.22. The molecule has 8 aliphatic rings. The summed E-state index contributed by atoms with van der Waals surface area (Å²) < 4.78 is 24.1. The zero-order valence-corrected chi connectivity index (χ0v) is 33.6. The molecule has 0 saturated heterocycles. The molecule has 8 saturated carbocycles. The van der Waals surface area contributed by atoms with Crippen molar-refractivity contribution in [3.8, 4) is 0 Å². The zero-order valence-electron chi connectivity index (χ0n) is 33.6. The van der Waals surface area contributed by atoms with Crippen LogP contribution in [0.5, 0.6) is 0 Å². The van der Waals surface area contributed by atoms with E-state index >= 15 is 0 Å². The monoisotopic (exact) mass is 729 g/mol. The van der Waals surface area contributed by atoms with Gasteiger partial charge in [0, 0.05) is 6.42 Å². The maximum Gasteiger partial charge on any atom is 0.311 e. The summed E-state index contributed by atoms with van der Waals surface area (Å²) in [6.45, 7) is 15.6. The van der Waals surface area contributed by atoms with Gasteiger partial charge in [-0.3, -0.25) is 9.59 Å². The predicted octanol–water partition coefficient (Wildman–Crippen LogP) is 8.24. The van der Waals surface area contributed by atoms with Crippen LogP contribution in [0.3, 0.4) is 0 Å². The molecule has 12 unspecified atom stereocenters. The highest BCUT2D eigenvalue weighted by Gasteiger charge is 2.66.